The molecule has 0 aromatic heterocycles. The molecule has 0 atom stereocenters. The van der Waals surface area contributed by atoms with Crippen molar-refractivity contribution < 1.29 is 13.6 Å². The van der Waals surface area contributed by atoms with Crippen LogP contribution in [0.1, 0.15) is 50.9 Å². The molecule has 2 N–H and O–H groups in total. The number of thioether (sulfide) groups is 1. The van der Waals surface area contributed by atoms with Gasteiger partial charge in [0.05, 0.1) is 5.03 Å². The fraction of sp³-hybridized carbons (Fsp3) is 0.296. The van der Waals surface area contributed by atoms with Crippen molar-refractivity contribution in [2.45, 2.75) is 45.4 Å². The highest BCUT2D eigenvalue weighted by atomic mass is 32.2. The lowest BCUT2D eigenvalue weighted by molar-refractivity contribution is 0.101. The average Bonchev–Trinajstić information content (AvgIpc) is 2.84. The maximum Gasteiger partial charge on any atom is 0.261 e. The molecule has 0 aliphatic carbocycles. The Morgan fingerprint density at radius 3 is 2.17 bits per heavy atom. The number of hydrogen-bond acceptors (Lipinski definition) is 4. The molecule has 0 radical (unpaired) electrons. The Hall–Kier alpha value is -3.44. The van der Waals surface area contributed by atoms with Crippen molar-refractivity contribution in [1.82, 2.24) is 4.90 Å². The van der Waals surface area contributed by atoms with Crippen LogP contribution in [-0.2, 0) is 0 Å². The molecule has 0 saturated heterocycles. The van der Waals surface area contributed by atoms with E-state index in [2.05, 4.69) is 16.2 Å². The summed E-state index contributed by atoms with van der Waals surface area (Å²) in [4.78, 5) is 18.9. The Labute approximate surface area is 212 Å². The van der Waals surface area contributed by atoms with Crippen LogP contribution in [0.15, 0.2) is 63.5 Å². The number of nitrogens with one attached hydrogen (secondary N) is 2. The van der Waals surface area contributed by atoms with Gasteiger partial charge < -0.3 is 10.2 Å². The third kappa shape index (κ3) is 12.0. The third-order valence-corrected chi connectivity index (χ3v) is 5.17. The number of aliphatic imine (C=N–C) groups is 1. The van der Waals surface area contributed by atoms with E-state index in [1.165, 1.54) is 17.8 Å². The van der Waals surface area contributed by atoms with Gasteiger partial charge in [0.2, 0.25) is 0 Å². The molecule has 2 aromatic carbocycles. The van der Waals surface area contributed by atoms with E-state index in [0.29, 0.717) is 12.1 Å². The van der Waals surface area contributed by atoms with E-state index in [-0.39, 0.29) is 5.84 Å². The molecule has 5 nitrogen and oxygen atoms in total. The molecule has 0 fully saturated rings. The summed E-state index contributed by atoms with van der Waals surface area (Å²) in [5.41, 5.74) is -0.183. The molecular weight excluding hydrogens is 466 g/mol. The first-order valence-electron chi connectivity index (χ1n) is 11.1. The standard InChI is InChI=1S/C21H22F2N4OS.C4H6.C2H6/c1-4-25-18(24)12-13-19(27(2)3)29-15-10-8-14(9-11-15)26-21(28)20-16(22)6-5-7-17(20)23;1-3-4-2;1-2/h4-11,13,24H,12H2,1-3H3,(H,26,28);1H,4H2,2H3;1-2H3/b19-13+,24-18?,25-4?;;. The van der Waals surface area contributed by atoms with Gasteiger partial charge >= 0.3 is 0 Å². The van der Waals surface area contributed by atoms with Gasteiger partial charge in [0.1, 0.15) is 23.0 Å². The largest absolute Gasteiger partial charge is 0.372 e. The summed E-state index contributed by atoms with van der Waals surface area (Å²) in [6.45, 7) is 7.71. The number of hydrogen-bond donors (Lipinski definition) is 2. The van der Waals surface area contributed by atoms with Gasteiger partial charge in [-0.1, -0.05) is 38.6 Å². The number of halogens is 2. The Balaban J connectivity index is 0.00000174. The van der Waals surface area contributed by atoms with Crippen LogP contribution in [0.2, 0.25) is 0 Å². The van der Waals surface area contributed by atoms with E-state index < -0.39 is 23.1 Å². The van der Waals surface area contributed by atoms with Gasteiger partial charge in [-0.2, -0.15) is 0 Å². The van der Waals surface area contributed by atoms with Crippen molar-refractivity contribution in [3.8, 4) is 12.3 Å². The predicted octanol–water partition coefficient (Wildman–Crippen LogP) is 7.23. The lowest BCUT2D eigenvalue weighted by Gasteiger charge is -2.17. The minimum Gasteiger partial charge on any atom is -0.372 e. The van der Waals surface area contributed by atoms with Crippen LogP contribution in [0.5, 0.6) is 0 Å². The zero-order chi connectivity index (χ0) is 26.8. The summed E-state index contributed by atoms with van der Waals surface area (Å²) < 4.78 is 27.5. The molecule has 0 saturated carbocycles. The number of carbonyl (C=O) groups excluding carboxylic acids is 1. The van der Waals surface area contributed by atoms with Crippen LogP contribution in [0.4, 0.5) is 14.5 Å². The number of amidine groups is 1. The zero-order valence-corrected chi connectivity index (χ0v) is 22.0. The molecule has 0 unspecified atom stereocenters. The fourth-order valence-electron chi connectivity index (χ4n) is 2.34. The summed E-state index contributed by atoms with van der Waals surface area (Å²) in [5.74, 6) is 0.0394. The molecule has 2 aromatic rings. The molecule has 188 valence electrons. The molecule has 2 rings (SSSR count). The fourth-order valence-corrected chi connectivity index (χ4v) is 3.21. The quantitative estimate of drug-likeness (QED) is 0.182. The summed E-state index contributed by atoms with van der Waals surface area (Å²) in [7, 11) is 3.81. The van der Waals surface area contributed by atoms with E-state index in [1.54, 1.807) is 37.4 Å². The van der Waals surface area contributed by atoms with Crippen molar-refractivity contribution >= 4 is 35.4 Å². The first kappa shape index (κ1) is 31.6. The van der Waals surface area contributed by atoms with E-state index in [9.17, 15) is 13.6 Å². The lowest BCUT2D eigenvalue weighted by Crippen LogP contribution is -2.15. The van der Waals surface area contributed by atoms with Crippen molar-refractivity contribution in [1.29, 1.82) is 5.41 Å². The normalized spacial score (nSPS) is 10.3. The molecule has 0 heterocycles. The number of terminal acetylenes is 1. The second kappa shape index (κ2) is 18.0. The minimum absolute atomic E-state index is 0.269. The molecule has 0 aliphatic heterocycles. The predicted molar refractivity (Wildman–Crippen MR) is 145 cm³/mol. The number of nitrogens with zero attached hydrogens (tertiary/aromatic N) is 2. The van der Waals surface area contributed by atoms with Crippen molar-refractivity contribution in [3.05, 3.63) is 70.8 Å². The molecular formula is C27H34F2N4OS. The van der Waals surface area contributed by atoms with Crippen LogP contribution in [0.25, 0.3) is 0 Å². The van der Waals surface area contributed by atoms with Crippen LogP contribution >= 0.6 is 11.8 Å². The van der Waals surface area contributed by atoms with Crippen LogP contribution in [0, 0.1) is 29.4 Å². The van der Waals surface area contributed by atoms with E-state index in [4.69, 9.17) is 11.8 Å². The van der Waals surface area contributed by atoms with Crippen LogP contribution < -0.4 is 5.32 Å². The maximum atomic E-state index is 13.7. The average molecular weight is 501 g/mol. The van der Waals surface area contributed by atoms with Gasteiger partial charge in [-0.15, -0.1) is 12.3 Å². The van der Waals surface area contributed by atoms with Gasteiger partial charge in [0.25, 0.3) is 5.91 Å². The SMILES string of the molecule is C#CCC.CC.CC=NC(=N)C/C=C(/Sc1ccc(NC(=O)c2c(F)cccc2F)cc1)N(C)C. The Morgan fingerprint density at radius 1 is 1.17 bits per heavy atom. The second-order valence-electron chi connectivity index (χ2n) is 6.71. The van der Waals surface area contributed by atoms with Crippen LogP contribution in [0.3, 0.4) is 0 Å². The maximum absolute atomic E-state index is 13.7. The zero-order valence-electron chi connectivity index (χ0n) is 21.2. The highest BCUT2D eigenvalue weighted by molar-refractivity contribution is 8.03. The number of carbonyl (C=O) groups is 1. The van der Waals surface area contributed by atoms with Gasteiger partial charge in [-0.25, -0.2) is 13.8 Å². The molecule has 0 spiro atoms. The summed E-state index contributed by atoms with van der Waals surface area (Å²) >= 11 is 1.49. The highest BCUT2D eigenvalue weighted by Crippen LogP contribution is 2.29. The molecule has 0 bridgehead atoms. The monoisotopic (exact) mass is 500 g/mol. The van der Waals surface area contributed by atoms with Gasteiger partial charge in [-0.05, 0) is 49.4 Å². The van der Waals surface area contributed by atoms with Crippen molar-refractivity contribution in [2.75, 3.05) is 19.4 Å². The van der Waals surface area contributed by atoms with Gasteiger partial charge in [0, 0.05) is 43.7 Å². The first-order valence-corrected chi connectivity index (χ1v) is 11.9. The number of rotatable bonds is 7. The van der Waals surface area contributed by atoms with Gasteiger partial charge in [0.15, 0.2) is 0 Å². The van der Waals surface area contributed by atoms with Crippen molar-refractivity contribution in [3.63, 3.8) is 0 Å². The summed E-state index contributed by atoms with van der Waals surface area (Å²) in [6, 6.07) is 10.2. The molecule has 1 amide bonds. The van der Waals surface area contributed by atoms with Crippen molar-refractivity contribution in [2.24, 2.45) is 4.99 Å². The van der Waals surface area contributed by atoms with E-state index >= 15 is 0 Å². The molecule has 8 heteroatoms. The number of benzene rings is 2. The Morgan fingerprint density at radius 2 is 1.71 bits per heavy atom. The van der Waals surface area contributed by atoms with Gasteiger partial charge in [-0.3, -0.25) is 10.2 Å². The number of anilines is 1. The van der Waals surface area contributed by atoms with Crippen LogP contribution in [-0.4, -0.2) is 37.0 Å². The van der Waals surface area contributed by atoms with E-state index in [0.717, 1.165) is 28.5 Å². The smallest absolute Gasteiger partial charge is 0.261 e. The molecule has 0 aliphatic rings. The highest BCUT2D eigenvalue weighted by Gasteiger charge is 2.17. The second-order valence-corrected chi connectivity index (χ2v) is 7.80. The lowest BCUT2D eigenvalue weighted by atomic mass is 10.2. The Bertz CT molecular complexity index is 1020. The molecule has 35 heavy (non-hydrogen) atoms. The topological polar surface area (TPSA) is 68.5 Å². The first-order chi connectivity index (χ1) is 16.7. The Kier molecular flexibility index (Phi) is 16.2. The number of amides is 1. The van der Waals surface area contributed by atoms with E-state index in [1.807, 2.05) is 45.8 Å². The summed E-state index contributed by atoms with van der Waals surface area (Å²) in [5, 5.41) is 11.2. The summed E-state index contributed by atoms with van der Waals surface area (Å²) in [6.07, 6.45) is 9.53. The third-order valence-electron chi connectivity index (χ3n) is 3.92. The minimum atomic E-state index is -0.909.